The van der Waals surface area contributed by atoms with Crippen LogP contribution in [0.1, 0.15) is 28.7 Å². The zero-order valence-corrected chi connectivity index (χ0v) is 15.7. The first-order valence-corrected chi connectivity index (χ1v) is 8.88. The fourth-order valence-corrected chi connectivity index (χ4v) is 3.23. The Labute approximate surface area is 154 Å². The Hall–Kier alpha value is -2.82. The van der Waals surface area contributed by atoms with Crippen LogP contribution >= 0.6 is 0 Å². The number of nitrogens with one attached hydrogen (secondary N) is 2. The molecule has 0 aliphatic carbocycles. The summed E-state index contributed by atoms with van der Waals surface area (Å²) in [6.45, 7) is 8.65. The van der Waals surface area contributed by atoms with Gasteiger partial charge in [0, 0.05) is 17.9 Å². The molecule has 1 aliphatic rings. The molecule has 5 nitrogen and oxygen atoms in total. The third-order valence-electron chi connectivity index (χ3n) is 4.94. The molecule has 1 unspecified atom stereocenters. The molecule has 26 heavy (non-hydrogen) atoms. The van der Waals surface area contributed by atoms with Crippen LogP contribution in [0.2, 0.25) is 0 Å². The van der Waals surface area contributed by atoms with Crippen LogP contribution in [0, 0.1) is 27.7 Å². The number of aryl methyl sites for hydroxylation is 4. The van der Waals surface area contributed by atoms with Crippen LogP contribution in [0.5, 0.6) is 0 Å². The lowest BCUT2D eigenvalue weighted by Crippen LogP contribution is -2.43. The van der Waals surface area contributed by atoms with Crippen LogP contribution in [-0.4, -0.2) is 24.5 Å². The molecule has 5 heteroatoms. The summed E-state index contributed by atoms with van der Waals surface area (Å²) in [6.07, 6.45) is 0.603. The highest BCUT2D eigenvalue weighted by Crippen LogP contribution is 2.24. The zero-order chi connectivity index (χ0) is 18.8. The van der Waals surface area contributed by atoms with Gasteiger partial charge >= 0.3 is 6.03 Å². The summed E-state index contributed by atoms with van der Waals surface area (Å²) in [6, 6.07) is 11.0. The van der Waals surface area contributed by atoms with Gasteiger partial charge < -0.3 is 15.5 Å². The van der Waals surface area contributed by atoms with Crippen molar-refractivity contribution < 1.29 is 9.59 Å². The molecule has 0 radical (unpaired) electrons. The van der Waals surface area contributed by atoms with Crippen LogP contribution in [0.15, 0.2) is 36.4 Å². The second kappa shape index (κ2) is 7.20. The average Bonchev–Trinajstić information content (AvgIpc) is 2.93. The second-order valence-corrected chi connectivity index (χ2v) is 7.02. The first kappa shape index (κ1) is 18.0. The van der Waals surface area contributed by atoms with Gasteiger partial charge in [0.2, 0.25) is 5.91 Å². The van der Waals surface area contributed by atoms with Crippen molar-refractivity contribution in [1.82, 2.24) is 5.32 Å². The van der Waals surface area contributed by atoms with E-state index in [4.69, 9.17) is 0 Å². The van der Waals surface area contributed by atoms with E-state index in [2.05, 4.69) is 10.6 Å². The highest BCUT2D eigenvalue weighted by atomic mass is 16.2. The van der Waals surface area contributed by atoms with Gasteiger partial charge in [-0.1, -0.05) is 23.8 Å². The quantitative estimate of drug-likeness (QED) is 0.882. The highest BCUT2D eigenvalue weighted by molar-refractivity contribution is 6.02. The van der Waals surface area contributed by atoms with Gasteiger partial charge in [-0.25, -0.2) is 4.79 Å². The summed E-state index contributed by atoms with van der Waals surface area (Å²) >= 11 is 0. The number of benzene rings is 2. The summed E-state index contributed by atoms with van der Waals surface area (Å²) in [5, 5.41) is 5.64. The molecule has 136 valence electrons. The van der Waals surface area contributed by atoms with E-state index in [9.17, 15) is 9.59 Å². The predicted molar refractivity (Wildman–Crippen MR) is 105 cm³/mol. The molecule has 0 saturated carbocycles. The molecule has 2 aromatic carbocycles. The third-order valence-corrected chi connectivity index (χ3v) is 4.94. The monoisotopic (exact) mass is 351 g/mol. The van der Waals surface area contributed by atoms with Crippen LogP contribution < -0.4 is 15.5 Å². The number of urea groups is 1. The fourth-order valence-electron chi connectivity index (χ4n) is 3.23. The molecular formula is C21H25N3O2. The Morgan fingerprint density at radius 3 is 2.46 bits per heavy atom. The van der Waals surface area contributed by atoms with Crippen LogP contribution in [0.4, 0.5) is 16.2 Å². The minimum absolute atomic E-state index is 0.0657. The summed E-state index contributed by atoms with van der Waals surface area (Å²) in [5.74, 6) is -0.0657. The first-order chi connectivity index (χ1) is 12.3. The third kappa shape index (κ3) is 3.72. The van der Waals surface area contributed by atoms with E-state index in [0.717, 1.165) is 28.1 Å². The van der Waals surface area contributed by atoms with Crippen molar-refractivity contribution in [2.45, 2.75) is 40.2 Å². The van der Waals surface area contributed by atoms with Gasteiger partial charge in [-0.3, -0.25) is 4.79 Å². The maximum atomic E-state index is 12.7. The van der Waals surface area contributed by atoms with Crippen molar-refractivity contribution in [3.63, 3.8) is 0 Å². The molecule has 0 spiro atoms. The lowest BCUT2D eigenvalue weighted by Gasteiger charge is -2.19. The van der Waals surface area contributed by atoms with E-state index < -0.39 is 6.04 Å². The minimum Gasteiger partial charge on any atom is -0.326 e. The van der Waals surface area contributed by atoms with E-state index >= 15 is 0 Å². The van der Waals surface area contributed by atoms with E-state index in [-0.39, 0.29) is 11.9 Å². The van der Waals surface area contributed by atoms with Gasteiger partial charge in [0.15, 0.2) is 0 Å². The zero-order valence-electron chi connectivity index (χ0n) is 15.7. The Kier molecular flexibility index (Phi) is 4.98. The van der Waals surface area contributed by atoms with Gasteiger partial charge in [-0.05, 0) is 69.0 Å². The topological polar surface area (TPSA) is 61.4 Å². The first-order valence-electron chi connectivity index (χ1n) is 8.88. The highest BCUT2D eigenvalue weighted by Gasteiger charge is 2.33. The summed E-state index contributed by atoms with van der Waals surface area (Å²) < 4.78 is 0. The molecule has 2 aromatic rings. The number of carbonyl (C=O) groups is 2. The van der Waals surface area contributed by atoms with E-state index in [1.54, 1.807) is 4.90 Å². The molecule has 2 N–H and O–H groups in total. The van der Waals surface area contributed by atoms with Crippen molar-refractivity contribution >= 4 is 23.3 Å². The van der Waals surface area contributed by atoms with Gasteiger partial charge in [0.05, 0.1) is 0 Å². The van der Waals surface area contributed by atoms with E-state index in [0.29, 0.717) is 13.0 Å². The minimum atomic E-state index is -0.498. The number of hydrogen-bond donors (Lipinski definition) is 2. The van der Waals surface area contributed by atoms with Crippen molar-refractivity contribution in [2.75, 3.05) is 16.8 Å². The van der Waals surface area contributed by atoms with Crippen molar-refractivity contribution in [1.29, 1.82) is 0 Å². The fraction of sp³-hybridized carbons (Fsp3) is 0.333. The maximum absolute atomic E-state index is 12.7. The SMILES string of the molecule is Cc1ccc(NC(=O)NC2CCN(c3ccc(C)c(C)c3)C2=O)c(C)c1. The number of amides is 3. The Bertz CT molecular complexity index is 860. The van der Waals surface area contributed by atoms with Crippen molar-refractivity contribution in [3.8, 4) is 0 Å². The number of carbonyl (C=O) groups excluding carboxylic acids is 2. The molecule has 1 aliphatic heterocycles. The Morgan fingerprint density at radius 2 is 1.77 bits per heavy atom. The standard InChI is InChI=1S/C21H25N3O2/c1-13-5-8-18(16(4)11-13)22-21(26)23-19-9-10-24(20(19)25)17-7-6-14(2)15(3)12-17/h5-8,11-12,19H,9-10H2,1-4H3,(H2,22,23,26). The summed E-state index contributed by atoms with van der Waals surface area (Å²) in [7, 11) is 0. The summed E-state index contributed by atoms with van der Waals surface area (Å²) in [4.78, 5) is 26.7. The molecule has 0 aromatic heterocycles. The lowest BCUT2D eigenvalue weighted by molar-refractivity contribution is -0.118. The van der Waals surface area contributed by atoms with Crippen LogP contribution in [-0.2, 0) is 4.79 Å². The van der Waals surface area contributed by atoms with Crippen molar-refractivity contribution in [2.24, 2.45) is 0 Å². The van der Waals surface area contributed by atoms with Gasteiger partial charge in [0.1, 0.15) is 6.04 Å². The van der Waals surface area contributed by atoms with Crippen LogP contribution in [0.3, 0.4) is 0 Å². The largest absolute Gasteiger partial charge is 0.326 e. The number of anilines is 2. The molecule has 3 amide bonds. The van der Waals surface area contributed by atoms with E-state index in [1.807, 2.05) is 64.1 Å². The molecule has 0 bridgehead atoms. The second-order valence-electron chi connectivity index (χ2n) is 7.02. The number of hydrogen-bond acceptors (Lipinski definition) is 2. The summed E-state index contributed by atoms with van der Waals surface area (Å²) in [5.41, 5.74) is 6.13. The van der Waals surface area contributed by atoms with Gasteiger partial charge in [0.25, 0.3) is 0 Å². The van der Waals surface area contributed by atoms with Gasteiger partial charge in [-0.2, -0.15) is 0 Å². The molecule has 1 heterocycles. The molecule has 1 saturated heterocycles. The molecule has 1 fully saturated rings. The van der Waals surface area contributed by atoms with Crippen molar-refractivity contribution in [3.05, 3.63) is 58.7 Å². The van der Waals surface area contributed by atoms with E-state index in [1.165, 1.54) is 5.56 Å². The smallest absolute Gasteiger partial charge is 0.319 e. The number of nitrogens with zero attached hydrogens (tertiary/aromatic N) is 1. The van der Waals surface area contributed by atoms with Crippen LogP contribution in [0.25, 0.3) is 0 Å². The van der Waals surface area contributed by atoms with Gasteiger partial charge in [-0.15, -0.1) is 0 Å². The normalized spacial score (nSPS) is 16.7. The molecule has 1 atom stereocenters. The predicted octanol–water partition coefficient (Wildman–Crippen LogP) is 3.85. The number of rotatable bonds is 3. The molecular weight excluding hydrogens is 326 g/mol. The average molecular weight is 351 g/mol. The molecule has 3 rings (SSSR count). The maximum Gasteiger partial charge on any atom is 0.319 e. The Balaban J connectivity index is 1.64. The Morgan fingerprint density at radius 1 is 1.00 bits per heavy atom. The lowest BCUT2D eigenvalue weighted by atomic mass is 10.1.